The van der Waals surface area contributed by atoms with Gasteiger partial charge in [0.05, 0.1) is 10.7 Å². The van der Waals surface area contributed by atoms with E-state index in [1.54, 1.807) is 31.2 Å². The minimum Gasteiger partial charge on any atom is -0.355 e. The van der Waals surface area contributed by atoms with E-state index in [4.69, 9.17) is 27.7 Å². The molecular formula is C11H7Cl2NO2. The molecule has 16 heavy (non-hydrogen) atoms. The summed E-state index contributed by atoms with van der Waals surface area (Å²) in [6.07, 6.45) is 0. The molecule has 0 bridgehead atoms. The lowest BCUT2D eigenvalue weighted by Gasteiger charge is -2.00. The maximum Gasteiger partial charge on any atom is 0.258 e. The first kappa shape index (κ1) is 11.2. The van der Waals surface area contributed by atoms with Gasteiger partial charge in [-0.25, -0.2) is 0 Å². The van der Waals surface area contributed by atoms with E-state index in [2.05, 4.69) is 5.16 Å². The Morgan fingerprint density at radius 2 is 2.06 bits per heavy atom. The van der Waals surface area contributed by atoms with Crippen LogP contribution in [0.2, 0.25) is 5.02 Å². The average molecular weight is 256 g/mol. The molecule has 2 aromatic rings. The minimum absolute atomic E-state index is 0.259. The Labute approximate surface area is 102 Å². The third-order valence-corrected chi connectivity index (χ3v) is 2.70. The second-order valence-corrected chi connectivity index (χ2v) is 3.98. The number of rotatable bonds is 2. The average Bonchev–Trinajstić information content (AvgIpc) is 2.61. The highest BCUT2D eigenvalue weighted by Crippen LogP contribution is 2.32. The Kier molecular flexibility index (Phi) is 2.99. The largest absolute Gasteiger partial charge is 0.355 e. The fraction of sp³-hybridized carbons (Fsp3) is 0.0909. The summed E-state index contributed by atoms with van der Waals surface area (Å²) in [5.41, 5.74) is 1.32. The lowest BCUT2D eigenvalue weighted by Crippen LogP contribution is -1.92. The molecule has 0 spiro atoms. The molecule has 82 valence electrons. The smallest absolute Gasteiger partial charge is 0.258 e. The number of carbonyl (C=O) groups is 1. The van der Waals surface area contributed by atoms with Gasteiger partial charge in [0.25, 0.3) is 5.24 Å². The number of carbonyl (C=O) groups excluding carboxylic acids is 1. The molecule has 2 rings (SSSR count). The first-order valence-corrected chi connectivity index (χ1v) is 5.28. The molecule has 0 saturated heterocycles. The molecular weight excluding hydrogens is 249 g/mol. The van der Waals surface area contributed by atoms with Crippen LogP contribution in [0.15, 0.2) is 28.8 Å². The van der Waals surface area contributed by atoms with E-state index < -0.39 is 5.24 Å². The molecule has 1 aromatic carbocycles. The summed E-state index contributed by atoms with van der Waals surface area (Å²) in [6.45, 7) is 1.65. The molecule has 0 unspecified atom stereocenters. The second-order valence-electron chi connectivity index (χ2n) is 3.23. The van der Waals surface area contributed by atoms with Crippen molar-refractivity contribution in [1.82, 2.24) is 5.16 Å². The maximum absolute atomic E-state index is 11.3. The van der Waals surface area contributed by atoms with Gasteiger partial charge in [-0.2, -0.15) is 0 Å². The molecule has 0 aliphatic carbocycles. The standard InChI is InChI=1S/C11H7Cl2NO2/c1-6-9(11(13)15)10(16-14-6)7-4-2-3-5-8(7)12/h2-5H,1H3. The highest BCUT2D eigenvalue weighted by Gasteiger charge is 2.21. The topological polar surface area (TPSA) is 43.1 Å². The van der Waals surface area contributed by atoms with Crippen molar-refractivity contribution in [3.8, 4) is 11.3 Å². The number of hydrogen-bond acceptors (Lipinski definition) is 3. The zero-order valence-corrected chi connectivity index (χ0v) is 9.84. The normalized spacial score (nSPS) is 10.4. The zero-order chi connectivity index (χ0) is 11.7. The van der Waals surface area contributed by atoms with Crippen molar-refractivity contribution < 1.29 is 9.32 Å². The highest BCUT2D eigenvalue weighted by atomic mass is 35.5. The molecule has 0 aliphatic rings. The van der Waals surface area contributed by atoms with Crippen LogP contribution in [0, 0.1) is 6.92 Å². The third-order valence-electron chi connectivity index (χ3n) is 2.18. The van der Waals surface area contributed by atoms with Gasteiger partial charge < -0.3 is 4.52 Å². The summed E-state index contributed by atoms with van der Waals surface area (Å²) in [5.74, 6) is 0.308. The quantitative estimate of drug-likeness (QED) is 0.769. The maximum atomic E-state index is 11.3. The molecule has 3 nitrogen and oxygen atoms in total. The lowest BCUT2D eigenvalue weighted by atomic mass is 10.1. The minimum atomic E-state index is -0.603. The molecule has 0 atom stereocenters. The van der Waals surface area contributed by atoms with Crippen LogP contribution >= 0.6 is 23.2 Å². The van der Waals surface area contributed by atoms with Gasteiger partial charge in [0.1, 0.15) is 5.56 Å². The first-order valence-electron chi connectivity index (χ1n) is 4.52. The van der Waals surface area contributed by atoms with Crippen LogP contribution in [-0.2, 0) is 0 Å². The predicted octanol–water partition coefficient (Wildman–Crippen LogP) is 3.68. The summed E-state index contributed by atoms with van der Waals surface area (Å²) >= 11 is 11.5. The van der Waals surface area contributed by atoms with Gasteiger partial charge in [-0.05, 0) is 30.7 Å². The Morgan fingerprint density at radius 3 is 2.69 bits per heavy atom. The number of benzene rings is 1. The Hall–Kier alpha value is -1.32. The van der Waals surface area contributed by atoms with Crippen molar-refractivity contribution >= 4 is 28.4 Å². The van der Waals surface area contributed by atoms with Gasteiger partial charge in [-0.3, -0.25) is 4.79 Å². The van der Waals surface area contributed by atoms with E-state index in [-0.39, 0.29) is 5.56 Å². The SMILES string of the molecule is Cc1noc(-c2ccccc2Cl)c1C(=O)Cl. The van der Waals surface area contributed by atoms with E-state index in [0.29, 0.717) is 22.0 Å². The second kappa shape index (κ2) is 4.28. The summed E-state index contributed by atoms with van der Waals surface area (Å²) in [6, 6.07) is 7.03. The van der Waals surface area contributed by atoms with Crippen molar-refractivity contribution in [1.29, 1.82) is 0 Å². The Morgan fingerprint density at radius 1 is 1.38 bits per heavy atom. The summed E-state index contributed by atoms with van der Waals surface area (Å²) in [5, 5.41) is 3.60. The summed E-state index contributed by atoms with van der Waals surface area (Å²) in [4.78, 5) is 11.3. The van der Waals surface area contributed by atoms with Crippen LogP contribution in [-0.4, -0.2) is 10.4 Å². The first-order chi connectivity index (χ1) is 7.61. The molecule has 1 aromatic heterocycles. The monoisotopic (exact) mass is 255 g/mol. The van der Waals surface area contributed by atoms with Gasteiger partial charge in [-0.1, -0.05) is 28.9 Å². The van der Waals surface area contributed by atoms with Gasteiger partial charge in [0, 0.05) is 5.56 Å². The van der Waals surface area contributed by atoms with E-state index in [9.17, 15) is 4.79 Å². The summed E-state index contributed by atoms with van der Waals surface area (Å²) in [7, 11) is 0. The van der Waals surface area contributed by atoms with E-state index in [1.165, 1.54) is 0 Å². The Bertz CT molecular complexity index is 549. The summed E-state index contributed by atoms with van der Waals surface area (Å²) < 4.78 is 5.08. The van der Waals surface area contributed by atoms with Crippen molar-refractivity contribution in [2.75, 3.05) is 0 Å². The number of hydrogen-bond donors (Lipinski definition) is 0. The molecule has 5 heteroatoms. The van der Waals surface area contributed by atoms with Crippen LogP contribution in [0.4, 0.5) is 0 Å². The van der Waals surface area contributed by atoms with Crippen LogP contribution in [0.25, 0.3) is 11.3 Å². The number of aryl methyl sites for hydroxylation is 1. The number of aromatic nitrogens is 1. The van der Waals surface area contributed by atoms with E-state index >= 15 is 0 Å². The number of nitrogens with zero attached hydrogens (tertiary/aromatic N) is 1. The third kappa shape index (κ3) is 1.84. The number of halogens is 2. The van der Waals surface area contributed by atoms with Crippen LogP contribution < -0.4 is 0 Å². The van der Waals surface area contributed by atoms with E-state index in [0.717, 1.165) is 0 Å². The van der Waals surface area contributed by atoms with Crippen molar-refractivity contribution in [3.63, 3.8) is 0 Å². The van der Waals surface area contributed by atoms with Crippen molar-refractivity contribution in [3.05, 3.63) is 40.5 Å². The van der Waals surface area contributed by atoms with Gasteiger partial charge >= 0.3 is 0 Å². The van der Waals surface area contributed by atoms with Crippen LogP contribution in [0.1, 0.15) is 16.1 Å². The van der Waals surface area contributed by atoms with Crippen LogP contribution in [0.5, 0.6) is 0 Å². The molecule has 0 fully saturated rings. The molecule has 0 radical (unpaired) electrons. The van der Waals surface area contributed by atoms with E-state index in [1.807, 2.05) is 0 Å². The molecule has 0 N–H and O–H groups in total. The van der Waals surface area contributed by atoms with Gasteiger partial charge in [0.2, 0.25) is 0 Å². The fourth-order valence-electron chi connectivity index (χ4n) is 1.43. The molecule has 0 amide bonds. The highest BCUT2D eigenvalue weighted by molar-refractivity contribution is 6.68. The predicted molar refractivity (Wildman–Crippen MR) is 61.9 cm³/mol. The van der Waals surface area contributed by atoms with Crippen molar-refractivity contribution in [2.45, 2.75) is 6.92 Å². The van der Waals surface area contributed by atoms with Crippen molar-refractivity contribution in [2.24, 2.45) is 0 Å². The molecule has 0 saturated carbocycles. The zero-order valence-electron chi connectivity index (χ0n) is 8.33. The Balaban J connectivity index is 2.66. The molecule has 1 heterocycles. The fourth-order valence-corrected chi connectivity index (χ4v) is 1.87. The lowest BCUT2D eigenvalue weighted by molar-refractivity contribution is 0.108. The van der Waals surface area contributed by atoms with Gasteiger partial charge in [-0.15, -0.1) is 0 Å². The molecule has 0 aliphatic heterocycles. The van der Waals surface area contributed by atoms with Crippen LogP contribution in [0.3, 0.4) is 0 Å². The van der Waals surface area contributed by atoms with Gasteiger partial charge in [0.15, 0.2) is 5.76 Å².